The number of anilines is 8. The fourth-order valence-corrected chi connectivity index (χ4v) is 13.4. The SMILES string of the molecule is Cc1cc2c3c(c1)N(c1ccc(C(C)(C)C)cc1-c1ccccc1)c1ccccc1B3c1ccc(N3c4ccc(-c5ccc(C(C)(C)C)cc5)cc4C4(C)CCCCC34C)cc1N2c1ccc(C(C)(C)C)cc1. The first-order valence-electron chi connectivity index (χ1n) is 27.1. The molecule has 0 radical (unpaired) electrons. The third-order valence-electron chi connectivity index (χ3n) is 17.7. The second-order valence-electron chi connectivity index (χ2n) is 25.5. The summed E-state index contributed by atoms with van der Waals surface area (Å²) in [6.45, 7) is 28.3. The van der Waals surface area contributed by atoms with Crippen LogP contribution in [-0.2, 0) is 21.7 Å². The molecule has 8 aromatic carbocycles. The third-order valence-corrected chi connectivity index (χ3v) is 17.7. The van der Waals surface area contributed by atoms with Crippen LogP contribution < -0.4 is 31.1 Å². The Morgan fingerprint density at radius 1 is 0.425 bits per heavy atom. The Kier molecular flexibility index (Phi) is 10.8. The average Bonchev–Trinajstić information content (AvgIpc) is 3.58. The van der Waals surface area contributed by atoms with Crippen molar-refractivity contribution in [1.29, 1.82) is 0 Å². The summed E-state index contributed by atoms with van der Waals surface area (Å²) in [6.07, 6.45) is 4.79. The molecular weight excluding hydrogens is 882 g/mol. The standard InChI is InChI=1S/C69H72BN3/c1-45-40-62-64-63(41-45)72(58-37-31-51(67(8,9)10)43-54(58)47-20-14-13-15-21-47)60-23-17-16-22-56(60)70(64)57-35-34-53(44-61(57)71(62)52-32-29-50(30-33-52)66(5,6)7)73-59-36-26-48(46-24-27-49(28-25-46)65(2,3)4)42-55(59)68(11)38-18-19-39-69(68,73)12/h13-17,20-37,40-44H,18-19,38-39H2,1-12H3. The van der Waals surface area contributed by atoms with Gasteiger partial charge in [0.05, 0.1) is 11.2 Å². The summed E-state index contributed by atoms with van der Waals surface area (Å²) in [5.74, 6) is 0. The maximum atomic E-state index is 2.77. The van der Waals surface area contributed by atoms with Gasteiger partial charge >= 0.3 is 0 Å². The molecule has 4 aliphatic rings. The van der Waals surface area contributed by atoms with Crippen LogP contribution in [0.4, 0.5) is 45.5 Å². The van der Waals surface area contributed by atoms with Crippen LogP contribution in [0.5, 0.6) is 0 Å². The Morgan fingerprint density at radius 3 is 1.67 bits per heavy atom. The minimum Gasteiger partial charge on any atom is -0.334 e. The Morgan fingerprint density at radius 2 is 0.986 bits per heavy atom. The molecule has 0 N–H and O–H groups in total. The monoisotopic (exact) mass is 954 g/mol. The largest absolute Gasteiger partial charge is 0.334 e. The number of para-hydroxylation sites is 1. The van der Waals surface area contributed by atoms with Gasteiger partial charge in [0, 0.05) is 50.8 Å². The van der Waals surface area contributed by atoms with Gasteiger partial charge in [-0.1, -0.05) is 185 Å². The molecule has 3 nitrogen and oxygen atoms in total. The van der Waals surface area contributed by atoms with Crippen LogP contribution in [0.25, 0.3) is 22.3 Å². The molecule has 73 heavy (non-hydrogen) atoms. The topological polar surface area (TPSA) is 9.72 Å². The van der Waals surface area contributed by atoms with Crippen LogP contribution in [-0.4, -0.2) is 12.3 Å². The molecule has 0 saturated heterocycles. The molecule has 0 amide bonds. The molecule has 3 heterocycles. The lowest BCUT2D eigenvalue weighted by Gasteiger charge is -2.50. The molecular formula is C69H72BN3. The molecule has 0 spiro atoms. The van der Waals surface area contributed by atoms with Crippen molar-refractivity contribution in [2.75, 3.05) is 14.7 Å². The molecule has 1 aliphatic carbocycles. The Balaban J connectivity index is 1.07. The van der Waals surface area contributed by atoms with E-state index in [2.05, 4.69) is 268 Å². The van der Waals surface area contributed by atoms with Crippen molar-refractivity contribution in [2.45, 2.75) is 136 Å². The lowest BCUT2D eigenvalue weighted by atomic mass is 9.33. The van der Waals surface area contributed by atoms with Crippen LogP contribution in [0.1, 0.15) is 130 Å². The predicted octanol–water partition coefficient (Wildman–Crippen LogP) is 17.0. The Labute approximate surface area is 437 Å². The van der Waals surface area contributed by atoms with Crippen molar-refractivity contribution in [1.82, 2.24) is 0 Å². The molecule has 366 valence electrons. The van der Waals surface area contributed by atoms with Gasteiger partial charge in [0.25, 0.3) is 6.71 Å². The molecule has 0 bridgehead atoms. The lowest BCUT2D eigenvalue weighted by Crippen LogP contribution is -2.61. The summed E-state index contributed by atoms with van der Waals surface area (Å²) in [7, 11) is 0. The second kappa shape index (κ2) is 16.6. The van der Waals surface area contributed by atoms with E-state index in [0.717, 1.165) is 6.42 Å². The van der Waals surface area contributed by atoms with E-state index in [1.165, 1.54) is 131 Å². The molecule has 8 aromatic rings. The highest BCUT2D eigenvalue weighted by molar-refractivity contribution is 7.00. The lowest BCUT2D eigenvalue weighted by molar-refractivity contribution is 0.195. The van der Waals surface area contributed by atoms with Crippen molar-refractivity contribution in [2.24, 2.45) is 0 Å². The van der Waals surface area contributed by atoms with E-state index in [0.29, 0.717) is 0 Å². The van der Waals surface area contributed by atoms with Gasteiger partial charge in [0.1, 0.15) is 0 Å². The zero-order chi connectivity index (χ0) is 51.0. The smallest absolute Gasteiger partial charge is 0.252 e. The summed E-state index contributed by atoms with van der Waals surface area (Å²) in [4.78, 5) is 7.98. The quantitative estimate of drug-likeness (QED) is 0.159. The second-order valence-corrected chi connectivity index (χ2v) is 25.5. The fourth-order valence-electron chi connectivity index (χ4n) is 13.4. The Bertz CT molecular complexity index is 3460. The van der Waals surface area contributed by atoms with Crippen LogP contribution in [0.2, 0.25) is 0 Å². The molecule has 0 aromatic heterocycles. The summed E-state index contributed by atoms with van der Waals surface area (Å²) >= 11 is 0. The van der Waals surface area contributed by atoms with Crippen molar-refractivity contribution in [3.8, 4) is 22.3 Å². The number of fused-ring (bicyclic) bond motifs is 7. The van der Waals surface area contributed by atoms with E-state index >= 15 is 0 Å². The number of rotatable bonds is 5. The first-order valence-corrected chi connectivity index (χ1v) is 27.1. The zero-order valence-electron chi connectivity index (χ0n) is 45.4. The van der Waals surface area contributed by atoms with E-state index in [1.54, 1.807) is 0 Å². The molecule has 3 aliphatic heterocycles. The molecule has 2 atom stereocenters. The van der Waals surface area contributed by atoms with E-state index in [-0.39, 0.29) is 33.9 Å². The van der Waals surface area contributed by atoms with E-state index in [1.807, 2.05) is 0 Å². The van der Waals surface area contributed by atoms with E-state index < -0.39 is 0 Å². The minimum absolute atomic E-state index is 0.00684. The van der Waals surface area contributed by atoms with Gasteiger partial charge in [0.15, 0.2) is 0 Å². The highest BCUT2D eigenvalue weighted by atomic mass is 15.3. The molecule has 12 rings (SSSR count). The van der Waals surface area contributed by atoms with Gasteiger partial charge in [0.2, 0.25) is 0 Å². The van der Waals surface area contributed by atoms with Crippen molar-refractivity contribution in [3.63, 3.8) is 0 Å². The molecule has 4 heteroatoms. The third kappa shape index (κ3) is 7.44. The first kappa shape index (κ1) is 47.2. The van der Waals surface area contributed by atoms with Crippen molar-refractivity contribution < 1.29 is 0 Å². The molecule has 1 saturated carbocycles. The van der Waals surface area contributed by atoms with Gasteiger partial charge in [-0.25, -0.2) is 0 Å². The summed E-state index contributed by atoms with van der Waals surface area (Å²) < 4.78 is 0. The van der Waals surface area contributed by atoms with E-state index in [9.17, 15) is 0 Å². The number of hydrogen-bond donors (Lipinski definition) is 0. The number of nitrogens with zero attached hydrogens (tertiary/aromatic N) is 3. The predicted molar refractivity (Wildman–Crippen MR) is 315 cm³/mol. The number of aryl methyl sites for hydroxylation is 1. The number of benzene rings is 8. The summed E-state index contributed by atoms with van der Waals surface area (Å²) in [6, 6.07) is 66.1. The highest BCUT2D eigenvalue weighted by Crippen LogP contribution is 2.62. The van der Waals surface area contributed by atoms with E-state index in [4.69, 9.17) is 0 Å². The maximum Gasteiger partial charge on any atom is 0.252 e. The minimum atomic E-state index is -0.108. The van der Waals surface area contributed by atoms with Crippen LogP contribution in [0, 0.1) is 6.92 Å². The normalized spacial score (nSPS) is 19.0. The summed E-state index contributed by atoms with van der Waals surface area (Å²) in [5, 5.41) is 0. The maximum absolute atomic E-state index is 2.77. The van der Waals surface area contributed by atoms with Gasteiger partial charge in [-0.2, -0.15) is 0 Å². The Hall–Kier alpha value is -6.78. The zero-order valence-corrected chi connectivity index (χ0v) is 45.4. The van der Waals surface area contributed by atoms with Crippen LogP contribution in [0.3, 0.4) is 0 Å². The molecule has 2 unspecified atom stereocenters. The molecule has 1 fully saturated rings. The number of hydrogen-bond acceptors (Lipinski definition) is 3. The summed E-state index contributed by atoms with van der Waals surface area (Å²) in [5.41, 5.74) is 25.8. The van der Waals surface area contributed by atoms with Gasteiger partial charge in [-0.15, -0.1) is 0 Å². The van der Waals surface area contributed by atoms with Gasteiger partial charge in [-0.05, 0) is 171 Å². The highest BCUT2D eigenvalue weighted by Gasteiger charge is 2.58. The first-order chi connectivity index (χ1) is 34.7. The van der Waals surface area contributed by atoms with Crippen LogP contribution in [0.15, 0.2) is 170 Å². The van der Waals surface area contributed by atoms with Gasteiger partial charge in [-0.3, -0.25) is 0 Å². The fraction of sp³-hybridized carbons (Fsp3) is 0.304. The van der Waals surface area contributed by atoms with Crippen molar-refractivity contribution in [3.05, 3.63) is 198 Å². The van der Waals surface area contributed by atoms with Crippen LogP contribution >= 0.6 is 0 Å². The van der Waals surface area contributed by atoms with Crippen molar-refractivity contribution >= 4 is 68.6 Å². The average molecular weight is 954 g/mol. The van der Waals surface area contributed by atoms with Gasteiger partial charge < -0.3 is 14.7 Å².